The van der Waals surface area contributed by atoms with E-state index < -0.39 is 70.3 Å². The number of fused-ring (bicyclic) bond motifs is 2. The zero-order chi connectivity index (χ0) is 33.0. The van der Waals surface area contributed by atoms with Crippen molar-refractivity contribution in [1.29, 1.82) is 5.41 Å². The standard InChI is InChI=1S/C28H25N3O12S2/c29-19-5-3-16-22(17-4-6-20(30)26(45(40,41)42)24(17)43-23(16)25(19)44(37,38)39)18-11-13(1-2-15(18)28(35)36)12-21(32)31-9-7-14(8-10-31)27(33)34/h1-6,11,14,29H,7-10,12,30H2,(H,33,34)(H,35,36)(H,37,38,39)(H,40,41,42). The molecule has 0 spiro atoms. The largest absolute Gasteiger partial charge is 0.481 e. The minimum atomic E-state index is -5.19. The summed E-state index contributed by atoms with van der Waals surface area (Å²) in [5.74, 6) is -4.04. The minimum Gasteiger partial charge on any atom is -0.481 e. The zero-order valence-electron chi connectivity index (χ0n) is 23.1. The van der Waals surface area contributed by atoms with E-state index in [4.69, 9.17) is 15.6 Å². The number of nitrogens with two attached hydrogens (primary N) is 1. The van der Waals surface area contributed by atoms with Gasteiger partial charge in [0.1, 0.15) is 0 Å². The van der Waals surface area contributed by atoms with Gasteiger partial charge in [-0.15, -0.1) is 0 Å². The monoisotopic (exact) mass is 659 g/mol. The number of nitrogen functional groups attached to an aromatic ring is 1. The van der Waals surface area contributed by atoms with Crippen molar-refractivity contribution >= 4 is 54.7 Å². The van der Waals surface area contributed by atoms with Crippen LogP contribution in [0.3, 0.4) is 0 Å². The van der Waals surface area contributed by atoms with Crippen molar-refractivity contribution in [2.24, 2.45) is 5.92 Å². The smallest absolute Gasteiger partial charge is 0.336 e. The van der Waals surface area contributed by atoms with Crippen molar-refractivity contribution in [3.05, 3.63) is 58.9 Å². The summed E-state index contributed by atoms with van der Waals surface area (Å²) in [7, 11) is -10.3. The Morgan fingerprint density at radius 1 is 0.911 bits per heavy atom. The molecule has 236 valence electrons. The zero-order valence-corrected chi connectivity index (χ0v) is 24.7. The Labute approximate surface area is 254 Å². The lowest BCUT2D eigenvalue weighted by Crippen LogP contribution is -2.41. The third-order valence-electron chi connectivity index (χ3n) is 7.65. The number of hydrogen-bond donors (Lipinski definition) is 6. The SMILES string of the molecule is N=c1ccc2c(-c3cc(CC(=O)N4CCC(C(=O)O)CC4)ccc3C(=O)O)c3ccc(N)c(S(=O)(=O)O)c3oc-2c1S(=O)(=O)O. The highest BCUT2D eigenvalue weighted by Gasteiger charge is 2.32. The molecule has 3 aliphatic rings. The molecule has 2 heterocycles. The van der Waals surface area contributed by atoms with Crippen LogP contribution in [-0.2, 0) is 36.2 Å². The number of likely N-dealkylation sites (tertiary alicyclic amines) is 1. The van der Waals surface area contributed by atoms with Crippen LogP contribution in [0.4, 0.5) is 5.69 Å². The van der Waals surface area contributed by atoms with Crippen LogP contribution in [0.25, 0.3) is 33.4 Å². The molecule has 1 amide bonds. The summed E-state index contributed by atoms with van der Waals surface area (Å²) in [6.07, 6.45) is 0.306. The first kappa shape index (κ1) is 31.6. The Kier molecular flexibility index (Phi) is 7.90. The molecule has 0 radical (unpaired) electrons. The highest BCUT2D eigenvalue weighted by atomic mass is 32.2. The number of hydrogen-bond acceptors (Lipinski definition) is 10. The molecule has 2 aliphatic heterocycles. The van der Waals surface area contributed by atoms with Gasteiger partial charge in [0.2, 0.25) is 5.91 Å². The average Bonchev–Trinajstić information content (AvgIpc) is 2.94. The van der Waals surface area contributed by atoms with Crippen molar-refractivity contribution in [3.63, 3.8) is 0 Å². The van der Waals surface area contributed by atoms with E-state index in [2.05, 4.69) is 0 Å². The molecule has 0 saturated carbocycles. The number of piperidine rings is 1. The van der Waals surface area contributed by atoms with Crippen LogP contribution in [0.2, 0.25) is 0 Å². The number of benzene rings is 3. The molecule has 7 N–H and O–H groups in total. The molecule has 45 heavy (non-hydrogen) atoms. The second-order valence-corrected chi connectivity index (χ2v) is 13.2. The first-order valence-electron chi connectivity index (χ1n) is 13.2. The predicted octanol–water partition coefficient (Wildman–Crippen LogP) is 2.32. The molecule has 15 nitrogen and oxygen atoms in total. The Morgan fingerprint density at radius 2 is 1.56 bits per heavy atom. The fraction of sp³-hybridized carbons (Fsp3) is 0.214. The molecule has 17 heteroatoms. The third kappa shape index (κ3) is 5.85. The van der Waals surface area contributed by atoms with Gasteiger partial charge in [-0.1, -0.05) is 6.07 Å². The number of anilines is 1. The molecule has 2 aromatic carbocycles. The number of carboxylic acid groups (broad SMARTS) is 2. The molecule has 1 saturated heterocycles. The number of aromatic carboxylic acids is 1. The van der Waals surface area contributed by atoms with E-state index in [1.807, 2.05) is 0 Å². The van der Waals surface area contributed by atoms with E-state index in [0.717, 1.165) is 12.1 Å². The Bertz CT molecular complexity index is 2170. The molecular weight excluding hydrogens is 634 g/mol. The molecule has 2 aromatic rings. The molecule has 5 rings (SSSR count). The van der Waals surface area contributed by atoms with Gasteiger partial charge >= 0.3 is 11.9 Å². The van der Waals surface area contributed by atoms with E-state index in [-0.39, 0.29) is 65.9 Å². The van der Waals surface area contributed by atoms with Crippen LogP contribution in [0.5, 0.6) is 0 Å². The van der Waals surface area contributed by atoms with Crippen molar-refractivity contribution in [2.75, 3.05) is 18.8 Å². The van der Waals surface area contributed by atoms with Gasteiger partial charge in [0, 0.05) is 29.6 Å². The highest BCUT2D eigenvalue weighted by molar-refractivity contribution is 7.86. The predicted molar refractivity (Wildman–Crippen MR) is 156 cm³/mol. The maximum Gasteiger partial charge on any atom is 0.336 e. The Balaban J connectivity index is 1.79. The molecule has 0 unspecified atom stereocenters. The van der Waals surface area contributed by atoms with Gasteiger partial charge in [0.15, 0.2) is 21.1 Å². The summed E-state index contributed by atoms with van der Waals surface area (Å²) >= 11 is 0. The number of rotatable bonds is 7. The molecule has 1 fully saturated rings. The van der Waals surface area contributed by atoms with Crippen molar-refractivity contribution in [2.45, 2.75) is 29.1 Å². The lowest BCUT2D eigenvalue weighted by molar-refractivity contribution is -0.145. The summed E-state index contributed by atoms with van der Waals surface area (Å²) in [5.41, 5.74) is 4.22. The van der Waals surface area contributed by atoms with Gasteiger partial charge in [0.05, 0.1) is 28.9 Å². The molecule has 0 atom stereocenters. The maximum atomic E-state index is 13.1. The van der Waals surface area contributed by atoms with Gasteiger partial charge < -0.3 is 25.3 Å². The number of carboxylic acids is 2. The van der Waals surface area contributed by atoms with Gasteiger partial charge in [0.25, 0.3) is 20.2 Å². The fourth-order valence-electron chi connectivity index (χ4n) is 5.55. The molecule has 0 aromatic heterocycles. The topological polar surface area (TPSA) is 267 Å². The van der Waals surface area contributed by atoms with Crippen LogP contribution in [0, 0.1) is 11.3 Å². The van der Waals surface area contributed by atoms with Crippen molar-refractivity contribution < 1.29 is 55.0 Å². The van der Waals surface area contributed by atoms with E-state index in [1.165, 1.54) is 35.2 Å². The van der Waals surface area contributed by atoms with E-state index in [9.17, 15) is 50.5 Å². The van der Waals surface area contributed by atoms with Crippen LogP contribution in [0.1, 0.15) is 28.8 Å². The van der Waals surface area contributed by atoms with E-state index in [1.54, 1.807) is 0 Å². The number of amides is 1. The highest BCUT2D eigenvalue weighted by Crippen LogP contribution is 2.45. The normalized spacial score (nSPS) is 14.6. The van der Waals surface area contributed by atoms with Gasteiger partial charge in [-0.2, -0.15) is 16.8 Å². The second kappa shape index (κ2) is 11.3. The minimum absolute atomic E-state index is 0.116. The Hall–Kier alpha value is -4.84. The quantitative estimate of drug-likeness (QED) is 0.0946. The summed E-state index contributed by atoms with van der Waals surface area (Å²) in [6, 6.07) is 8.51. The fourth-order valence-corrected chi connectivity index (χ4v) is 7.04. The van der Waals surface area contributed by atoms with Crippen LogP contribution < -0.4 is 11.1 Å². The van der Waals surface area contributed by atoms with Crippen molar-refractivity contribution in [3.8, 4) is 22.5 Å². The summed E-state index contributed by atoms with van der Waals surface area (Å²) in [6.45, 7) is 0.415. The van der Waals surface area contributed by atoms with E-state index >= 15 is 0 Å². The summed E-state index contributed by atoms with van der Waals surface area (Å²) in [4.78, 5) is 36.3. The number of nitrogens with one attached hydrogen (secondary N) is 1. The van der Waals surface area contributed by atoms with E-state index in [0.29, 0.717) is 5.56 Å². The van der Waals surface area contributed by atoms with Crippen LogP contribution in [0.15, 0.2) is 56.7 Å². The number of carbonyl (C=O) groups excluding carboxylic acids is 1. The molecule has 1 aliphatic carbocycles. The summed E-state index contributed by atoms with van der Waals surface area (Å²) in [5, 5.41) is 26.6. The number of nitrogens with zero attached hydrogens (tertiary/aromatic N) is 1. The number of carbonyl (C=O) groups is 3. The molecular formula is C28H25N3O12S2. The third-order valence-corrected chi connectivity index (χ3v) is 9.51. The van der Waals surface area contributed by atoms with Gasteiger partial charge in [-0.3, -0.25) is 24.1 Å². The van der Waals surface area contributed by atoms with Crippen LogP contribution in [-0.4, -0.2) is 72.0 Å². The van der Waals surface area contributed by atoms with Gasteiger partial charge in [-0.05, 0) is 60.4 Å². The average molecular weight is 660 g/mol. The maximum absolute atomic E-state index is 13.1. The lowest BCUT2D eigenvalue weighted by atomic mass is 9.89. The first-order valence-corrected chi connectivity index (χ1v) is 16.1. The van der Waals surface area contributed by atoms with Crippen LogP contribution >= 0.6 is 0 Å². The second-order valence-electron chi connectivity index (χ2n) is 10.5. The molecule has 0 bridgehead atoms. The number of aliphatic carboxylic acids is 1. The van der Waals surface area contributed by atoms with Gasteiger partial charge in [-0.25, -0.2) is 4.79 Å². The first-order chi connectivity index (χ1) is 21.0. The Morgan fingerprint density at radius 3 is 2.13 bits per heavy atom. The van der Waals surface area contributed by atoms with Crippen molar-refractivity contribution in [1.82, 2.24) is 4.90 Å². The summed E-state index contributed by atoms with van der Waals surface area (Å²) < 4.78 is 75.2. The lowest BCUT2D eigenvalue weighted by Gasteiger charge is -2.30.